The van der Waals surface area contributed by atoms with Gasteiger partial charge in [0.05, 0.1) is 11.1 Å². The molecule has 138 valence electrons. The minimum Gasteiger partial charge on any atom is -0.329 e. The summed E-state index contributed by atoms with van der Waals surface area (Å²) in [4.78, 5) is 56.3. The molecule has 3 amide bonds. The van der Waals surface area contributed by atoms with Crippen molar-refractivity contribution < 1.29 is 24.0 Å². The van der Waals surface area contributed by atoms with Crippen LogP contribution in [0.4, 0.5) is 0 Å². The second-order valence-corrected chi connectivity index (χ2v) is 7.84. The van der Waals surface area contributed by atoms with Crippen molar-refractivity contribution in [3.05, 3.63) is 35.4 Å². The third-order valence-electron chi connectivity index (χ3n) is 4.46. The molecule has 26 heavy (non-hydrogen) atoms. The molecular formula is C19H22N2O5. The number of carbonyl (C=O) groups excluding carboxylic acids is 4. The van der Waals surface area contributed by atoms with Gasteiger partial charge in [-0.2, -0.15) is 0 Å². The van der Waals surface area contributed by atoms with E-state index in [0.717, 1.165) is 0 Å². The lowest BCUT2D eigenvalue weighted by molar-refractivity contribution is -0.175. The van der Waals surface area contributed by atoms with Crippen LogP contribution >= 0.6 is 0 Å². The summed E-state index contributed by atoms with van der Waals surface area (Å²) < 4.78 is 0. The largest absolute Gasteiger partial charge is 0.355 e. The fourth-order valence-electron chi connectivity index (χ4n) is 3.27. The zero-order chi connectivity index (χ0) is 19.1. The molecule has 1 unspecified atom stereocenters. The van der Waals surface area contributed by atoms with Crippen LogP contribution in [-0.4, -0.2) is 46.2 Å². The van der Waals surface area contributed by atoms with Gasteiger partial charge >= 0.3 is 5.97 Å². The second-order valence-electron chi connectivity index (χ2n) is 7.84. The van der Waals surface area contributed by atoms with Gasteiger partial charge in [-0.1, -0.05) is 38.0 Å². The van der Waals surface area contributed by atoms with E-state index in [9.17, 15) is 19.2 Å². The van der Waals surface area contributed by atoms with E-state index in [2.05, 4.69) is 0 Å². The molecule has 7 nitrogen and oxygen atoms in total. The Balaban J connectivity index is 1.71. The van der Waals surface area contributed by atoms with Gasteiger partial charge in [-0.3, -0.25) is 14.4 Å². The van der Waals surface area contributed by atoms with Gasteiger partial charge in [0.15, 0.2) is 0 Å². The van der Waals surface area contributed by atoms with Gasteiger partial charge in [-0.25, -0.2) is 4.79 Å². The molecule has 2 aliphatic rings. The number of hydrogen-bond donors (Lipinski definition) is 0. The first-order valence-corrected chi connectivity index (χ1v) is 8.68. The van der Waals surface area contributed by atoms with Crippen molar-refractivity contribution in [2.45, 2.75) is 46.1 Å². The van der Waals surface area contributed by atoms with Gasteiger partial charge in [0.25, 0.3) is 11.8 Å². The van der Waals surface area contributed by atoms with Crippen molar-refractivity contribution in [3.8, 4) is 0 Å². The van der Waals surface area contributed by atoms with E-state index in [1.165, 1.54) is 17.0 Å². The molecular weight excluding hydrogens is 336 g/mol. The van der Waals surface area contributed by atoms with Crippen molar-refractivity contribution in [1.82, 2.24) is 9.96 Å². The highest BCUT2D eigenvalue weighted by atomic mass is 16.7. The predicted octanol–water partition coefficient (Wildman–Crippen LogP) is 2.17. The number of hydrogen-bond acceptors (Lipinski definition) is 5. The quantitative estimate of drug-likeness (QED) is 0.773. The smallest absolute Gasteiger partial charge is 0.329 e. The molecule has 1 saturated heterocycles. The van der Waals surface area contributed by atoms with Crippen LogP contribution < -0.4 is 0 Å². The Morgan fingerprint density at radius 1 is 1.12 bits per heavy atom. The molecule has 0 spiro atoms. The standard InChI is InChI=1S/C19H22N2O5/c1-19(2,3)11-15(22)20-10-6-9-14(20)18(25)26-21-16(23)12-7-4-5-8-13(12)17(21)24/h4-5,7-8,14H,6,9-11H2,1-3H3. The SMILES string of the molecule is CC(C)(C)CC(=O)N1CCCC1C(=O)ON1C(=O)c2ccccc2C1=O. The number of imide groups is 1. The molecule has 0 N–H and O–H groups in total. The van der Waals surface area contributed by atoms with E-state index in [0.29, 0.717) is 30.9 Å². The topological polar surface area (TPSA) is 84.0 Å². The maximum absolute atomic E-state index is 12.6. The Kier molecular flexibility index (Phi) is 4.56. The molecule has 0 aliphatic carbocycles. The van der Waals surface area contributed by atoms with Crippen molar-refractivity contribution in [2.75, 3.05) is 6.54 Å². The van der Waals surface area contributed by atoms with E-state index in [4.69, 9.17) is 4.84 Å². The Morgan fingerprint density at radius 3 is 2.23 bits per heavy atom. The summed E-state index contributed by atoms with van der Waals surface area (Å²) >= 11 is 0. The summed E-state index contributed by atoms with van der Waals surface area (Å²) in [5.41, 5.74) is 0.214. The van der Waals surface area contributed by atoms with Crippen LogP contribution in [0.15, 0.2) is 24.3 Å². The van der Waals surface area contributed by atoms with Crippen molar-refractivity contribution in [3.63, 3.8) is 0 Å². The molecule has 2 aliphatic heterocycles. The fraction of sp³-hybridized carbons (Fsp3) is 0.474. The summed E-state index contributed by atoms with van der Waals surface area (Å²) in [5.74, 6) is -2.20. The average Bonchev–Trinajstić information content (AvgIpc) is 3.14. The van der Waals surface area contributed by atoms with E-state index in [-0.39, 0.29) is 22.4 Å². The average molecular weight is 358 g/mol. The van der Waals surface area contributed by atoms with Gasteiger partial charge in [0.2, 0.25) is 5.91 Å². The van der Waals surface area contributed by atoms with Crippen molar-refractivity contribution >= 4 is 23.7 Å². The second kappa shape index (κ2) is 6.55. The monoisotopic (exact) mass is 358 g/mol. The van der Waals surface area contributed by atoms with Crippen LogP contribution in [-0.2, 0) is 14.4 Å². The van der Waals surface area contributed by atoms with Crippen LogP contribution in [0.3, 0.4) is 0 Å². The molecule has 1 aromatic rings. The molecule has 0 radical (unpaired) electrons. The molecule has 3 rings (SSSR count). The molecule has 0 saturated carbocycles. The summed E-state index contributed by atoms with van der Waals surface area (Å²) in [6.45, 7) is 6.32. The van der Waals surface area contributed by atoms with E-state index >= 15 is 0 Å². The van der Waals surface area contributed by atoms with Gasteiger partial charge in [0, 0.05) is 13.0 Å². The lowest BCUT2D eigenvalue weighted by atomic mass is 9.91. The van der Waals surface area contributed by atoms with Gasteiger partial charge in [0.1, 0.15) is 6.04 Å². The van der Waals surface area contributed by atoms with Crippen LogP contribution in [0.5, 0.6) is 0 Å². The normalized spacial score (nSPS) is 19.7. The van der Waals surface area contributed by atoms with Crippen LogP contribution in [0.25, 0.3) is 0 Å². The molecule has 0 bridgehead atoms. The maximum Gasteiger partial charge on any atom is 0.355 e. The fourth-order valence-corrected chi connectivity index (χ4v) is 3.27. The van der Waals surface area contributed by atoms with E-state index in [1.807, 2.05) is 20.8 Å². The first-order valence-electron chi connectivity index (χ1n) is 8.68. The Labute approximate surface area is 151 Å². The van der Waals surface area contributed by atoms with Crippen molar-refractivity contribution in [1.29, 1.82) is 0 Å². The summed E-state index contributed by atoms with van der Waals surface area (Å²) in [6, 6.07) is 5.53. The molecule has 1 fully saturated rings. The number of nitrogens with zero attached hydrogens (tertiary/aromatic N) is 2. The lowest BCUT2D eigenvalue weighted by Crippen LogP contribution is -2.45. The number of carbonyl (C=O) groups is 4. The molecule has 1 atom stereocenters. The number of hydroxylamine groups is 2. The zero-order valence-electron chi connectivity index (χ0n) is 15.2. The van der Waals surface area contributed by atoms with Crippen LogP contribution in [0.1, 0.15) is 60.7 Å². The Bertz CT molecular complexity index is 745. The summed E-state index contributed by atoms with van der Waals surface area (Å²) in [6.07, 6.45) is 1.44. The van der Waals surface area contributed by atoms with Crippen LogP contribution in [0, 0.1) is 5.41 Å². The van der Waals surface area contributed by atoms with Gasteiger partial charge < -0.3 is 9.74 Å². The first kappa shape index (κ1) is 18.1. The number of rotatable bonds is 3. The summed E-state index contributed by atoms with van der Waals surface area (Å²) in [5, 5.41) is 0.498. The van der Waals surface area contributed by atoms with Crippen molar-refractivity contribution in [2.24, 2.45) is 5.41 Å². The van der Waals surface area contributed by atoms with E-state index < -0.39 is 23.8 Å². The minimum atomic E-state index is -0.769. The molecule has 2 heterocycles. The van der Waals surface area contributed by atoms with Gasteiger partial charge in [-0.15, -0.1) is 0 Å². The Hall–Kier alpha value is -2.70. The molecule has 0 aromatic heterocycles. The van der Waals surface area contributed by atoms with Gasteiger partial charge in [-0.05, 0) is 30.4 Å². The number of fused-ring (bicyclic) bond motifs is 1. The summed E-state index contributed by atoms with van der Waals surface area (Å²) in [7, 11) is 0. The first-order chi connectivity index (χ1) is 12.2. The Morgan fingerprint density at radius 2 is 1.69 bits per heavy atom. The highest BCUT2D eigenvalue weighted by molar-refractivity contribution is 6.20. The van der Waals surface area contributed by atoms with Crippen LogP contribution in [0.2, 0.25) is 0 Å². The molecule has 7 heteroatoms. The highest BCUT2D eigenvalue weighted by Gasteiger charge is 2.42. The third kappa shape index (κ3) is 3.34. The molecule has 1 aromatic carbocycles. The minimum absolute atomic E-state index is 0.126. The zero-order valence-corrected chi connectivity index (χ0v) is 15.2. The maximum atomic E-state index is 12.6. The third-order valence-corrected chi connectivity index (χ3v) is 4.46. The number of likely N-dealkylation sites (tertiary alicyclic amines) is 1. The lowest BCUT2D eigenvalue weighted by Gasteiger charge is -2.27. The number of benzene rings is 1. The predicted molar refractivity (Wildman–Crippen MR) is 91.8 cm³/mol. The van der Waals surface area contributed by atoms with E-state index in [1.54, 1.807) is 12.1 Å². The number of amides is 3. The highest BCUT2D eigenvalue weighted by Crippen LogP contribution is 2.27.